The summed E-state index contributed by atoms with van der Waals surface area (Å²) in [7, 11) is 6.21. The molecular weight excluding hydrogens is 400 g/mol. The lowest BCUT2D eigenvalue weighted by atomic mass is 10.1. The fourth-order valence-corrected chi connectivity index (χ4v) is 2.91. The number of carbonyl (C=O) groups is 1. The van der Waals surface area contributed by atoms with Crippen LogP contribution < -0.4 is 24.3 Å². The average Bonchev–Trinajstić information content (AvgIpc) is 3.29. The van der Waals surface area contributed by atoms with Crippen LogP contribution in [0.4, 0.5) is 0 Å². The highest BCUT2D eigenvalue weighted by molar-refractivity contribution is 5.91. The Labute approximate surface area is 180 Å². The van der Waals surface area contributed by atoms with Crippen LogP contribution in [0.5, 0.6) is 23.0 Å². The fraction of sp³-hybridized carbons (Fsp3) is 0.217. The summed E-state index contributed by atoms with van der Waals surface area (Å²) < 4.78 is 26.5. The Bertz CT molecular complexity index is 1050. The SMILES string of the molecule is COc1cccc(-c2cc(CNC(=O)/C=C\c3cc(OC)c(OC)c(OC)c3)no2)c1. The molecule has 0 fully saturated rings. The van der Waals surface area contributed by atoms with Gasteiger partial charge in [0.05, 0.1) is 35.0 Å². The Morgan fingerprint density at radius 2 is 1.74 bits per heavy atom. The minimum Gasteiger partial charge on any atom is -0.497 e. The maximum absolute atomic E-state index is 12.2. The molecule has 0 unspecified atom stereocenters. The van der Waals surface area contributed by atoms with E-state index in [1.54, 1.807) is 31.4 Å². The lowest BCUT2D eigenvalue weighted by Crippen LogP contribution is -2.20. The lowest BCUT2D eigenvalue weighted by Gasteiger charge is -2.12. The number of amides is 1. The van der Waals surface area contributed by atoms with Crippen molar-refractivity contribution in [2.75, 3.05) is 28.4 Å². The zero-order chi connectivity index (χ0) is 22.2. The van der Waals surface area contributed by atoms with Crippen molar-refractivity contribution >= 4 is 12.0 Å². The monoisotopic (exact) mass is 424 g/mol. The Hall–Kier alpha value is -3.94. The molecule has 1 N–H and O–H groups in total. The predicted molar refractivity (Wildman–Crippen MR) is 115 cm³/mol. The molecule has 0 aliphatic carbocycles. The quantitative estimate of drug-likeness (QED) is 0.524. The van der Waals surface area contributed by atoms with E-state index in [-0.39, 0.29) is 12.5 Å². The summed E-state index contributed by atoms with van der Waals surface area (Å²) in [5, 5.41) is 6.78. The molecule has 3 rings (SSSR count). The van der Waals surface area contributed by atoms with Gasteiger partial charge in [-0.2, -0.15) is 0 Å². The summed E-state index contributed by atoms with van der Waals surface area (Å²) in [4.78, 5) is 12.2. The van der Waals surface area contributed by atoms with Crippen LogP contribution >= 0.6 is 0 Å². The number of ether oxygens (including phenoxy) is 4. The third-order valence-corrected chi connectivity index (χ3v) is 4.47. The van der Waals surface area contributed by atoms with E-state index in [4.69, 9.17) is 23.5 Å². The molecular formula is C23H24N2O6. The molecule has 0 saturated heterocycles. The van der Waals surface area contributed by atoms with Crippen LogP contribution in [0.15, 0.2) is 53.1 Å². The van der Waals surface area contributed by atoms with Crippen molar-refractivity contribution in [1.82, 2.24) is 10.5 Å². The second-order valence-electron chi connectivity index (χ2n) is 6.42. The normalized spacial score (nSPS) is 10.7. The van der Waals surface area contributed by atoms with Crippen molar-refractivity contribution in [2.24, 2.45) is 0 Å². The van der Waals surface area contributed by atoms with E-state index in [2.05, 4.69) is 10.5 Å². The first-order chi connectivity index (χ1) is 15.1. The third kappa shape index (κ3) is 5.36. The van der Waals surface area contributed by atoms with Crippen molar-refractivity contribution in [3.05, 3.63) is 59.8 Å². The van der Waals surface area contributed by atoms with Gasteiger partial charge in [-0.05, 0) is 35.9 Å². The van der Waals surface area contributed by atoms with Gasteiger partial charge in [-0.25, -0.2) is 0 Å². The van der Waals surface area contributed by atoms with E-state index in [1.165, 1.54) is 27.4 Å². The summed E-state index contributed by atoms with van der Waals surface area (Å²) in [6.45, 7) is 0.228. The van der Waals surface area contributed by atoms with Gasteiger partial charge in [-0.3, -0.25) is 4.79 Å². The molecule has 31 heavy (non-hydrogen) atoms. The lowest BCUT2D eigenvalue weighted by molar-refractivity contribution is -0.116. The van der Waals surface area contributed by atoms with Crippen molar-refractivity contribution in [2.45, 2.75) is 6.54 Å². The Morgan fingerprint density at radius 1 is 1.00 bits per heavy atom. The Kier molecular flexibility index (Phi) is 7.16. The van der Waals surface area contributed by atoms with E-state index in [9.17, 15) is 4.79 Å². The largest absolute Gasteiger partial charge is 0.497 e. The van der Waals surface area contributed by atoms with Crippen LogP contribution in [0.25, 0.3) is 17.4 Å². The Balaban J connectivity index is 1.63. The third-order valence-electron chi connectivity index (χ3n) is 4.47. The van der Waals surface area contributed by atoms with Gasteiger partial charge in [0.25, 0.3) is 0 Å². The average molecular weight is 424 g/mol. The maximum atomic E-state index is 12.2. The molecule has 3 aromatic rings. The molecule has 162 valence electrons. The highest BCUT2D eigenvalue weighted by Crippen LogP contribution is 2.38. The molecule has 8 nitrogen and oxygen atoms in total. The fourth-order valence-electron chi connectivity index (χ4n) is 2.91. The van der Waals surface area contributed by atoms with Crippen molar-refractivity contribution in [3.63, 3.8) is 0 Å². The zero-order valence-electron chi connectivity index (χ0n) is 17.8. The number of aromatic nitrogens is 1. The van der Waals surface area contributed by atoms with Crippen LogP contribution in [0.2, 0.25) is 0 Å². The van der Waals surface area contributed by atoms with Crippen LogP contribution in [0, 0.1) is 0 Å². The minimum absolute atomic E-state index is 0.228. The van der Waals surface area contributed by atoms with Gasteiger partial charge >= 0.3 is 0 Å². The molecule has 0 saturated carbocycles. The number of rotatable bonds is 9. The molecule has 0 radical (unpaired) electrons. The molecule has 1 heterocycles. The van der Waals surface area contributed by atoms with E-state index in [1.807, 2.05) is 24.3 Å². The molecule has 1 aromatic heterocycles. The first-order valence-corrected chi connectivity index (χ1v) is 9.44. The maximum Gasteiger partial charge on any atom is 0.244 e. The second-order valence-corrected chi connectivity index (χ2v) is 6.42. The van der Waals surface area contributed by atoms with Crippen LogP contribution in [-0.4, -0.2) is 39.5 Å². The van der Waals surface area contributed by atoms with E-state index in [0.29, 0.717) is 28.7 Å². The minimum atomic E-state index is -0.278. The van der Waals surface area contributed by atoms with Gasteiger partial charge in [0.2, 0.25) is 11.7 Å². The number of hydrogen-bond donors (Lipinski definition) is 1. The van der Waals surface area contributed by atoms with Crippen molar-refractivity contribution < 1.29 is 28.3 Å². The van der Waals surface area contributed by atoms with Gasteiger partial charge in [-0.1, -0.05) is 17.3 Å². The molecule has 0 atom stereocenters. The number of nitrogens with zero attached hydrogens (tertiary/aromatic N) is 1. The second kappa shape index (κ2) is 10.2. The van der Waals surface area contributed by atoms with Gasteiger partial charge in [0, 0.05) is 17.7 Å². The van der Waals surface area contributed by atoms with Crippen LogP contribution in [-0.2, 0) is 11.3 Å². The molecule has 0 spiro atoms. The van der Waals surface area contributed by atoms with E-state index >= 15 is 0 Å². The molecule has 0 bridgehead atoms. The number of benzene rings is 2. The summed E-state index contributed by atoms with van der Waals surface area (Å²) in [6, 6.07) is 12.7. The van der Waals surface area contributed by atoms with E-state index in [0.717, 1.165) is 16.9 Å². The van der Waals surface area contributed by atoms with Crippen LogP contribution in [0.3, 0.4) is 0 Å². The standard InChI is InChI=1S/C23H24N2O6/c1-27-18-7-5-6-16(12-18)19-13-17(25-31-19)14-24-22(26)9-8-15-10-20(28-2)23(30-4)21(11-15)29-3/h5-13H,14H2,1-4H3,(H,24,26)/b9-8-. The highest BCUT2D eigenvalue weighted by Gasteiger charge is 2.12. The number of hydrogen-bond acceptors (Lipinski definition) is 7. The Morgan fingerprint density at radius 3 is 2.39 bits per heavy atom. The topological polar surface area (TPSA) is 92.1 Å². The summed E-state index contributed by atoms with van der Waals surface area (Å²) in [6.07, 6.45) is 3.08. The zero-order valence-corrected chi connectivity index (χ0v) is 17.8. The molecule has 1 amide bonds. The molecule has 0 aliphatic rings. The van der Waals surface area contributed by atoms with Gasteiger partial charge < -0.3 is 28.8 Å². The highest BCUT2D eigenvalue weighted by atomic mass is 16.5. The van der Waals surface area contributed by atoms with Gasteiger partial charge in [0.15, 0.2) is 17.3 Å². The summed E-state index contributed by atoms with van der Waals surface area (Å²) in [5.74, 6) is 2.55. The smallest absolute Gasteiger partial charge is 0.244 e. The van der Waals surface area contributed by atoms with Gasteiger partial charge in [0.1, 0.15) is 11.4 Å². The first kappa shape index (κ1) is 21.8. The molecule has 0 aliphatic heterocycles. The number of nitrogens with one attached hydrogen (secondary N) is 1. The van der Waals surface area contributed by atoms with Crippen LogP contribution in [0.1, 0.15) is 11.3 Å². The first-order valence-electron chi connectivity index (χ1n) is 9.44. The number of methoxy groups -OCH3 is 4. The van der Waals surface area contributed by atoms with E-state index < -0.39 is 0 Å². The number of carbonyl (C=O) groups excluding carboxylic acids is 1. The van der Waals surface area contributed by atoms with Crippen molar-refractivity contribution in [1.29, 1.82) is 0 Å². The summed E-state index contributed by atoms with van der Waals surface area (Å²) in [5.41, 5.74) is 2.17. The van der Waals surface area contributed by atoms with Crippen molar-refractivity contribution in [3.8, 4) is 34.3 Å². The predicted octanol–water partition coefficient (Wildman–Crippen LogP) is 3.71. The van der Waals surface area contributed by atoms with Gasteiger partial charge in [-0.15, -0.1) is 0 Å². The summed E-state index contributed by atoms with van der Waals surface area (Å²) >= 11 is 0. The molecule has 2 aromatic carbocycles. The molecule has 8 heteroatoms.